The van der Waals surface area contributed by atoms with Gasteiger partial charge in [0, 0.05) is 29.5 Å². The maximum Gasteiger partial charge on any atom is 0.0490 e. The molecule has 0 saturated carbocycles. The lowest BCUT2D eigenvalue weighted by molar-refractivity contribution is 0.539. The third-order valence-electron chi connectivity index (χ3n) is 2.63. The number of benzene rings is 1. The second-order valence-corrected chi connectivity index (χ2v) is 4.63. The molecular weight excluding hydrogens is 234 g/mol. The number of hydrogen-bond donors (Lipinski definition) is 2. The van der Waals surface area contributed by atoms with Crippen LogP contribution in [0.25, 0.3) is 0 Å². The van der Waals surface area contributed by atoms with Gasteiger partial charge in [-0.3, -0.25) is 5.10 Å². The molecule has 4 heteroatoms. The summed E-state index contributed by atoms with van der Waals surface area (Å²) in [6.45, 7) is 2.97. The van der Waals surface area contributed by atoms with Gasteiger partial charge in [-0.25, -0.2) is 0 Å². The Kier molecular flexibility index (Phi) is 4.18. The van der Waals surface area contributed by atoms with E-state index in [1.54, 1.807) is 6.20 Å². The molecule has 1 heterocycles. The van der Waals surface area contributed by atoms with E-state index in [4.69, 9.17) is 11.6 Å². The molecule has 0 spiro atoms. The Morgan fingerprint density at radius 2 is 2.29 bits per heavy atom. The van der Waals surface area contributed by atoms with Gasteiger partial charge < -0.3 is 5.32 Å². The highest BCUT2D eigenvalue weighted by Gasteiger charge is 2.04. The molecule has 1 unspecified atom stereocenters. The van der Waals surface area contributed by atoms with Gasteiger partial charge >= 0.3 is 0 Å². The van der Waals surface area contributed by atoms with Gasteiger partial charge in [-0.05, 0) is 37.1 Å². The van der Waals surface area contributed by atoms with Crippen molar-refractivity contribution < 1.29 is 0 Å². The fourth-order valence-corrected chi connectivity index (χ4v) is 1.97. The van der Waals surface area contributed by atoms with Crippen LogP contribution < -0.4 is 5.32 Å². The molecule has 3 nitrogen and oxygen atoms in total. The van der Waals surface area contributed by atoms with E-state index in [0.29, 0.717) is 6.04 Å². The second-order valence-electron chi connectivity index (χ2n) is 4.20. The second kappa shape index (κ2) is 5.84. The summed E-state index contributed by atoms with van der Waals surface area (Å²) in [5, 5.41) is 11.1. The summed E-state index contributed by atoms with van der Waals surface area (Å²) in [5.41, 5.74) is 2.35. The Balaban J connectivity index is 1.83. The normalized spacial score (nSPS) is 12.6. The zero-order valence-corrected chi connectivity index (χ0v) is 10.5. The summed E-state index contributed by atoms with van der Waals surface area (Å²) in [6, 6.07) is 10.4. The van der Waals surface area contributed by atoms with Gasteiger partial charge in [-0.15, -0.1) is 0 Å². The Morgan fingerprint density at radius 1 is 1.41 bits per heavy atom. The van der Waals surface area contributed by atoms with E-state index in [1.165, 1.54) is 5.56 Å². The molecule has 0 saturated heterocycles. The van der Waals surface area contributed by atoms with Crippen LogP contribution in [0, 0.1) is 0 Å². The highest BCUT2D eigenvalue weighted by molar-refractivity contribution is 6.30. The molecule has 2 N–H and O–H groups in total. The van der Waals surface area contributed by atoms with Crippen molar-refractivity contribution in [2.45, 2.75) is 25.9 Å². The molecule has 0 fully saturated rings. The van der Waals surface area contributed by atoms with Crippen molar-refractivity contribution in [3.05, 3.63) is 52.8 Å². The van der Waals surface area contributed by atoms with Crippen LogP contribution in [0.4, 0.5) is 0 Å². The van der Waals surface area contributed by atoms with Crippen molar-refractivity contribution in [1.29, 1.82) is 0 Å². The Morgan fingerprint density at radius 3 is 3.00 bits per heavy atom. The highest BCUT2D eigenvalue weighted by Crippen LogP contribution is 2.12. The number of hydrogen-bond acceptors (Lipinski definition) is 2. The molecule has 0 aliphatic carbocycles. The fourth-order valence-electron chi connectivity index (χ4n) is 1.76. The van der Waals surface area contributed by atoms with Crippen LogP contribution in [0.3, 0.4) is 0 Å². The summed E-state index contributed by atoms with van der Waals surface area (Å²) < 4.78 is 0. The van der Waals surface area contributed by atoms with Crippen LogP contribution in [-0.4, -0.2) is 16.2 Å². The summed E-state index contributed by atoms with van der Waals surface area (Å²) in [6.07, 6.45) is 2.73. The van der Waals surface area contributed by atoms with Crippen LogP contribution >= 0.6 is 11.6 Å². The lowest BCUT2D eigenvalue weighted by Gasteiger charge is -2.13. The topological polar surface area (TPSA) is 40.7 Å². The third kappa shape index (κ3) is 3.88. The zero-order chi connectivity index (χ0) is 12.1. The van der Waals surface area contributed by atoms with Gasteiger partial charge in [0.25, 0.3) is 0 Å². The molecule has 2 rings (SSSR count). The van der Waals surface area contributed by atoms with Gasteiger partial charge in [0.1, 0.15) is 0 Å². The molecule has 90 valence electrons. The smallest absolute Gasteiger partial charge is 0.0490 e. The number of halogens is 1. The standard InChI is InChI=1S/C13H16ClN3/c1-10(15-9-13-5-6-16-17-13)7-11-3-2-4-12(14)8-11/h2-6,8,10,15H,7,9H2,1H3,(H,16,17). The SMILES string of the molecule is CC(Cc1cccc(Cl)c1)NCc1ccn[nH]1. The van der Waals surface area contributed by atoms with E-state index in [-0.39, 0.29) is 0 Å². The van der Waals surface area contributed by atoms with Crippen LogP contribution in [0.5, 0.6) is 0 Å². The molecule has 1 aromatic carbocycles. The maximum absolute atomic E-state index is 5.95. The molecule has 0 aliphatic heterocycles. The van der Waals surface area contributed by atoms with E-state index >= 15 is 0 Å². The fraction of sp³-hybridized carbons (Fsp3) is 0.308. The van der Waals surface area contributed by atoms with E-state index in [2.05, 4.69) is 28.5 Å². The van der Waals surface area contributed by atoms with Crippen LogP contribution in [0.15, 0.2) is 36.5 Å². The van der Waals surface area contributed by atoms with Gasteiger partial charge in [0.05, 0.1) is 0 Å². The van der Waals surface area contributed by atoms with Crippen molar-refractivity contribution in [3.63, 3.8) is 0 Å². The van der Waals surface area contributed by atoms with E-state index in [9.17, 15) is 0 Å². The zero-order valence-electron chi connectivity index (χ0n) is 9.78. The lowest BCUT2D eigenvalue weighted by atomic mass is 10.1. The minimum atomic E-state index is 0.400. The maximum atomic E-state index is 5.95. The van der Waals surface area contributed by atoms with Crippen molar-refractivity contribution in [2.24, 2.45) is 0 Å². The quantitative estimate of drug-likeness (QED) is 0.856. The molecule has 17 heavy (non-hydrogen) atoms. The first kappa shape index (κ1) is 12.1. The van der Waals surface area contributed by atoms with Crippen LogP contribution in [0.1, 0.15) is 18.2 Å². The molecule has 0 bridgehead atoms. The molecule has 0 radical (unpaired) electrons. The summed E-state index contributed by atoms with van der Waals surface area (Å²) >= 11 is 5.95. The molecule has 0 amide bonds. The van der Waals surface area contributed by atoms with Gasteiger partial charge in [0.2, 0.25) is 0 Å². The van der Waals surface area contributed by atoms with Crippen LogP contribution in [0.2, 0.25) is 5.02 Å². The molecular formula is C13H16ClN3. The van der Waals surface area contributed by atoms with Gasteiger partial charge in [0.15, 0.2) is 0 Å². The number of rotatable bonds is 5. The average Bonchev–Trinajstić information content (AvgIpc) is 2.79. The largest absolute Gasteiger partial charge is 0.308 e. The molecule has 0 aliphatic rings. The van der Waals surface area contributed by atoms with E-state index in [1.807, 2.05) is 24.3 Å². The molecule has 1 aromatic heterocycles. The number of aromatic nitrogens is 2. The third-order valence-corrected chi connectivity index (χ3v) is 2.87. The first-order chi connectivity index (χ1) is 8.24. The van der Waals surface area contributed by atoms with Crippen molar-refractivity contribution in [3.8, 4) is 0 Å². The summed E-state index contributed by atoms with van der Waals surface area (Å²) in [5.74, 6) is 0. The first-order valence-corrected chi connectivity index (χ1v) is 6.08. The van der Waals surface area contributed by atoms with Crippen LogP contribution in [-0.2, 0) is 13.0 Å². The average molecular weight is 250 g/mol. The lowest BCUT2D eigenvalue weighted by Crippen LogP contribution is -2.27. The molecule has 2 aromatic rings. The Labute approximate surface area is 106 Å². The minimum Gasteiger partial charge on any atom is -0.308 e. The number of nitrogens with one attached hydrogen (secondary N) is 2. The predicted octanol–water partition coefficient (Wildman–Crippen LogP) is 2.78. The summed E-state index contributed by atoms with van der Waals surface area (Å²) in [7, 11) is 0. The first-order valence-electron chi connectivity index (χ1n) is 5.70. The Hall–Kier alpha value is -1.32. The number of H-pyrrole nitrogens is 1. The van der Waals surface area contributed by atoms with E-state index in [0.717, 1.165) is 23.7 Å². The van der Waals surface area contributed by atoms with Crippen molar-refractivity contribution in [1.82, 2.24) is 15.5 Å². The predicted molar refractivity (Wildman–Crippen MR) is 70.0 cm³/mol. The molecule has 1 atom stereocenters. The minimum absolute atomic E-state index is 0.400. The number of aromatic amines is 1. The summed E-state index contributed by atoms with van der Waals surface area (Å²) in [4.78, 5) is 0. The van der Waals surface area contributed by atoms with Crippen molar-refractivity contribution in [2.75, 3.05) is 0 Å². The van der Waals surface area contributed by atoms with Gasteiger partial charge in [-0.2, -0.15) is 5.10 Å². The number of nitrogens with zero attached hydrogens (tertiary/aromatic N) is 1. The van der Waals surface area contributed by atoms with E-state index < -0.39 is 0 Å². The van der Waals surface area contributed by atoms with Gasteiger partial charge in [-0.1, -0.05) is 23.7 Å². The highest BCUT2D eigenvalue weighted by atomic mass is 35.5. The van der Waals surface area contributed by atoms with Crippen molar-refractivity contribution >= 4 is 11.6 Å². The monoisotopic (exact) mass is 249 g/mol. The Bertz CT molecular complexity index is 453.